The Labute approximate surface area is 143 Å². The number of nitrogens with one attached hydrogen (secondary N) is 1. The standard InChI is InChI=1S/C15H10BrFN4O3/c1-24-14-6-12-9(5-13(14)21(22)23)15(19-7-18-12)20-11-3-2-8(16)4-10(11)17/h2-7H,1H3,(H,18,19,20). The molecular weight excluding hydrogens is 383 g/mol. The Morgan fingerprint density at radius 3 is 2.75 bits per heavy atom. The van der Waals surface area contributed by atoms with Crippen LogP contribution in [0.4, 0.5) is 21.6 Å². The van der Waals surface area contributed by atoms with Gasteiger partial charge in [0.1, 0.15) is 18.0 Å². The number of benzene rings is 2. The number of nitrogens with zero attached hydrogens (tertiary/aromatic N) is 3. The van der Waals surface area contributed by atoms with Crippen LogP contribution in [-0.2, 0) is 0 Å². The Hall–Kier alpha value is -2.81. The molecule has 0 fully saturated rings. The first-order chi connectivity index (χ1) is 11.5. The van der Waals surface area contributed by atoms with Crippen LogP contribution in [0.3, 0.4) is 0 Å². The number of halogens is 2. The molecule has 0 saturated carbocycles. The fraction of sp³-hybridized carbons (Fsp3) is 0.0667. The summed E-state index contributed by atoms with van der Waals surface area (Å²) < 4.78 is 19.6. The third-order valence-corrected chi connectivity index (χ3v) is 3.81. The highest BCUT2D eigenvalue weighted by molar-refractivity contribution is 9.10. The highest BCUT2D eigenvalue weighted by Crippen LogP contribution is 2.34. The molecule has 24 heavy (non-hydrogen) atoms. The van der Waals surface area contributed by atoms with Crippen LogP contribution in [0, 0.1) is 15.9 Å². The van der Waals surface area contributed by atoms with Crippen molar-refractivity contribution >= 4 is 44.0 Å². The SMILES string of the molecule is COc1cc2ncnc(Nc3ccc(Br)cc3F)c2cc1[N+](=O)[O-]. The first kappa shape index (κ1) is 16.1. The number of fused-ring (bicyclic) bond motifs is 1. The van der Waals surface area contributed by atoms with Gasteiger partial charge in [-0.25, -0.2) is 14.4 Å². The lowest BCUT2D eigenvalue weighted by molar-refractivity contribution is -0.385. The van der Waals surface area contributed by atoms with E-state index in [1.54, 1.807) is 6.07 Å². The first-order valence-electron chi connectivity index (χ1n) is 6.69. The van der Waals surface area contributed by atoms with Gasteiger partial charge in [-0.2, -0.15) is 0 Å². The lowest BCUT2D eigenvalue weighted by atomic mass is 10.2. The first-order valence-corrected chi connectivity index (χ1v) is 7.48. The van der Waals surface area contributed by atoms with Crippen LogP contribution in [0.25, 0.3) is 10.9 Å². The van der Waals surface area contributed by atoms with Crippen molar-refractivity contribution in [3.05, 3.63) is 57.1 Å². The van der Waals surface area contributed by atoms with E-state index in [2.05, 4.69) is 31.2 Å². The van der Waals surface area contributed by atoms with Gasteiger partial charge < -0.3 is 10.1 Å². The van der Waals surface area contributed by atoms with Gasteiger partial charge in [0.25, 0.3) is 0 Å². The minimum atomic E-state index is -0.560. The van der Waals surface area contributed by atoms with E-state index in [-0.39, 0.29) is 22.9 Å². The lowest BCUT2D eigenvalue weighted by Gasteiger charge is -2.10. The van der Waals surface area contributed by atoms with Gasteiger partial charge in [-0.05, 0) is 18.2 Å². The fourth-order valence-electron chi connectivity index (χ4n) is 2.20. The van der Waals surface area contributed by atoms with E-state index in [1.807, 2.05) is 0 Å². The molecule has 1 aromatic heterocycles. The van der Waals surface area contributed by atoms with E-state index < -0.39 is 10.7 Å². The number of nitro groups is 1. The predicted molar refractivity (Wildman–Crippen MR) is 90.1 cm³/mol. The molecule has 0 aliphatic carbocycles. The minimum Gasteiger partial charge on any atom is -0.490 e. The van der Waals surface area contributed by atoms with Gasteiger partial charge in [0.15, 0.2) is 5.75 Å². The number of hydrogen-bond donors (Lipinski definition) is 1. The summed E-state index contributed by atoms with van der Waals surface area (Å²) in [6.07, 6.45) is 1.28. The second kappa shape index (κ2) is 6.36. The molecule has 0 radical (unpaired) electrons. The molecule has 2 aromatic carbocycles. The molecular formula is C15H10BrFN4O3. The van der Waals surface area contributed by atoms with Crippen LogP contribution in [0.1, 0.15) is 0 Å². The molecule has 0 bridgehead atoms. The molecule has 9 heteroatoms. The lowest BCUT2D eigenvalue weighted by Crippen LogP contribution is -2.00. The zero-order chi connectivity index (χ0) is 17.3. The average molecular weight is 393 g/mol. The maximum Gasteiger partial charge on any atom is 0.311 e. The van der Waals surface area contributed by atoms with E-state index in [1.165, 1.54) is 37.7 Å². The van der Waals surface area contributed by atoms with Crippen molar-refractivity contribution in [3.63, 3.8) is 0 Å². The van der Waals surface area contributed by atoms with Gasteiger partial charge >= 0.3 is 5.69 Å². The molecule has 0 atom stereocenters. The van der Waals surface area contributed by atoms with Crippen molar-refractivity contribution in [2.75, 3.05) is 12.4 Å². The molecule has 0 aliphatic heterocycles. The van der Waals surface area contributed by atoms with Crippen LogP contribution in [0.15, 0.2) is 41.1 Å². The van der Waals surface area contributed by atoms with E-state index in [0.717, 1.165) is 0 Å². The Kier molecular flexibility index (Phi) is 4.26. The summed E-state index contributed by atoms with van der Waals surface area (Å²) in [5, 5.41) is 14.4. The van der Waals surface area contributed by atoms with Gasteiger partial charge in [-0.3, -0.25) is 10.1 Å². The van der Waals surface area contributed by atoms with Crippen LogP contribution >= 0.6 is 15.9 Å². The van der Waals surface area contributed by atoms with Crippen LogP contribution < -0.4 is 10.1 Å². The van der Waals surface area contributed by atoms with E-state index in [4.69, 9.17) is 4.74 Å². The van der Waals surface area contributed by atoms with E-state index in [9.17, 15) is 14.5 Å². The Bertz CT molecular complexity index is 951. The van der Waals surface area contributed by atoms with E-state index >= 15 is 0 Å². The monoisotopic (exact) mass is 392 g/mol. The minimum absolute atomic E-state index is 0.0898. The summed E-state index contributed by atoms with van der Waals surface area (Å²) >= 11 is 3.18. The van der Waals surface area contributed by atoms with Crippen molar-refractivity contribution in [1.82, 2.24) is 9.97 Å². The zero-order valence-electron chi connectivity index (χ0n) is 12.3. The highest BCUT2D eigenvalue weighted by Gasteiger charge is 2.19. The topological polar surface area (TPSA) is 90.2 Å². The third-order valence-electron chi connectivity index (χ3n) is 3.32. The third kappa shape index (κ3) is 2.98. The van der Waals surface area contributed by atoms with Crippen LogP contribution in [0.2, 0.25) is 0 Å². The van der Waals surface area contributed by atoms with Gasteiger partial charge in [0.2, 0.25) is 0 Å². The molecule has 0 saturated heterocycles. The molecule has 122 valence electrons. The second-order valence-electron chi connectivity index (χ2n) is 4.77. The van der Waals surface area contributed by atoms with Gasteiger partial charge in [0, 0.05) is 16.6 Å². The largest absolute Gasteiger partial charge is 0.490 e. The molecule has 0 amide bonds. The maximum atomic E-state index is 14.0. The normalized spacial score (nSPS) is 10.6. The van der Waals surface area contributed by atoms with E-state index in [0.29, 0.717) is 15.4 Å². The molecule has 3 rings (SSSR count). The molecule has 1 N–H and O–H groups in total. The molecule has 0 aliphatic rings. The summed E-state index contributed by atoms with van der Waals surface area (Å²) in [4.78, 5) is 18.8. The predicted octanol–water partition coefficient (Wildman–Crippen LogP) is 4.19. The summed E-state index contributed by atoms with van der Waals surface area (Å²) in [6, 6.07) is 7.24. The average Bonchev–Trinajstić information content (AvgIpc) is 2.56. The number of aromatic nitrogens is 2. The number of rotatable bonds is 4. The van der Waals surface area contributed by atoms with Crippen molar-refractivity contribution < 1.29 is 14.1 Å². The van der Waals surface area contributed by atoms with Gasteiger partial charge in [-0.15, -0.1) is 0 Å². The quantitative estimate of drug-likeness (QED) is 0.528. The summed E-state index contributed by atoms with van der Waals surface area (Å²) in [5.41, 5.74) is 0.406. The molecule has 3 aromatic rings. The molecule has 0 spiro atoms. The van der Waals surface area contributed by atoms with Crippen molar-refractivity contribution in [2.24, 2.45) is 0 Å². The Morgan fingerprint density at radius 2 is 2.08 bits per heavy atom. The van der Waals surface area contributed by atoms with Gasteiger partial charge in [0.05, 0.1) is 28.6 Å². The Morgan fingerprint density at radius 1 is 1.29 bits per heavy atom. The number of anilines is 2. The summed E-state index contributed by atoms with van der Waals surface area (Å²) in [6.45, 7) is 0. The van der Waals surface area contributed by atoms with Crippen molar-refractivity contribution in [2.45, 2.75) is 0 Å². The van der Waals surface area contributed by atoms with Gasteiger partial charge in [-0.1, -0.05) is 15.9 Å². The van der Waals surface area contributed by atoms with Crippen molar-refractivity contribution in [3.8, 4) is 5.75 Å². The fourth-order valence-corrected chi connectivity index (χ4v) is 2.53. The number of nitro benzene ring substituents is 1. The molecule has 1 heterocycles. The smallest absolute Gasteiger partial charge is 0.311 e. The summed E-state index contributed by atoms with van der Waals surface area (Å²) in [7, 11) is 1.34. The second-order valence-corrected chi connectivity index (χ2v) is 5.69. The summed E-state index contributed by atoms with van der Waals surface area (Å²) in [5.74, 6) is -0.141. The van der Waals surface area contributed by atoms with Crippen LogP contribution in [-0.4, -0.2) is 22.0 Å². The zero-order valence-corrected chi connectivity index (χ0v) is 13.9. The van der Waals surface area contributed by atoms with Crippen LogP contribution in [0.5, 0.6) is 5.75 Å². The highest BCUT2D eigenvalue weighted by atomic mass is 79.9. The Balaban J connectivity index is 2.14. The number of hydrogen-bond acceptors (Lipinski definition) is 6. The molecule has 0 unspecified atom stereocenters. The number of ether oxygens (including phenoxy) is 1. The molecule has 7 nitrogen and oxygen atoms in total. The van der Waals surface area contributed by atoms with Crippen molar-refractivity contribution in [1.29, 1.82) is 0 Å². The maximum absolute atomic E-state index is 14.0. The number of methoxy groups -OCH3 is 1.